The number of hydrogen-bond donors (Lipinski definition) is 1. The van der Waals surface area contributed by atoms with Crippen molar-refractivity contribution >= 4 is 5.91 Å². The molecule has 0 saturated heterocycles. The van der Waals surface area contributed by atoms with Gasteiger partial charge in [0.25, 0.3) is 0 Å². The zero-order valence-corrected chi connectivity index (χ0v) is 9.18. The van der Waals surface area contributed by atoms with E-state index in [2.05, 4.69) is 4.98 Å². The lowest BCUT2D eigenvalue weighted by atomic mass is 10.2. The number of hydrogen-bond acceptors (Lipinski definition) is 3. The highest BCUT2D eigenvalue weighted by molar-refractivity contribution is 5.79. The number of rotatable bonds is 5. The Kier molecular flexibility index (Phi) is 4.24. The number of aromatic nitrogens is 1. The van der Waals surface area contributed by atoms with Crippen molar-refractivity contribution in [2.45, 2.75) is 19.4 Å². The molecule has 4 heteroatoms. The minimum Gasteiger partial charge on any atom is -0.368 e. The molecule has 82 valence electrons. The molecule has 1 aromatic heterocycles. The lowest BCUT2D eigenvalue weighted by molar-refractivity contribution is -0.122. The van der Waals surface area contributed by atoms with E-state index in [-0.39, 0.29) is 11.9 Å². The number of primary amides is 1. The number of nitrogens with two attached hydrogens (primary N) is 1. The molecule has 0 fully saturated rings. The van der Waals surface area contributed by atoms with Crippen LogP contribution in [0.1, 0.15) is 12.6 Å². The van der Waals surface area contributed by atoms with Gasteiger partial charge in [0, 0.05) is 24.9 Å². The third-order valence-corrected chi connectivity index (χ3v) is 2.52. The van der Waals surface area contributed by atoms with Gasteiger partial charge in [-0.05, 0) is 26.1 Å². The summed E-state index contributed by atoms with van der Waals surface area (Å²) in [5.74, 6) is -0.293. The summed E-state index contributed by atoms with van der Waals surface area (Å²) in [7, 11) is 1.89. The molecule has 0 spiro atoms. The van der Waals surface area contributed by atoms with E-state index in [0.29, 0.717) is 0 Å². The highest BCUT2D eigenvalue weighted by atomic mass is 16.1. The molecule has 4 nitrogen and oxygen atoms in total. The SMILES string of the molecule is C[C@@H](C(N)=O)N(C)CCc1ccccn1. The number of nitrogens with zero attached hydrogens (tertiary/aromatic N) is 2. The van der Waals surface area contributed by atoms with Gasteiger partial charge in [-0.1, -0.05) is 6.07 Å². The van der Waals surface area contributed by atoms with Crippen molar-refractivity contribution in [1.82, 2.24) is 9.88 Å². The van der Waals surface area contributed by atoms with E-state index in [1.165, 1.54) is 0 Å². The molecule has 0 aliphatic carbocycles. The Bertz CT molecular complexity index is 313. The van der Waals surface area contributed by atoms with Gasteiger partial charge in [-0.3, -0.25) is 14.7 Å². The first-order valence-corrected chi connectivity index (χ1v) is 5.00. The Hall–Kier alpha value is -1.42. The molecule has 1 aromatic rings. The van der Waals surface area contributed by atoms with E-state index >= 15 is 0 Å². The minimum absolute atomic E-state index is 0.228. The van der Waals surface area contributed by atoms with E-state index in [1.807, 2.05) is 30.1 Å². The predicted molar refractivity (Wildman–Crippen MR) is 59.2 cm³/mol. The highest BCUT2D eigenvalue weighted by Gasteiger charge is 2.13. The summed E-state index contributed by atoms with van der Waals surface area (Å²) in [6.45, 7) is 2.59. The van der Waals surface area contributed by atoms with E-state index in [0.717, 1.165) is 18.7 Å². The highest BCUT2D eigenvalue weighted by Crippen LogP contribution is 1.99. The first kappa shape index (κ1) is 11.7. The van der Waals surface area contributed by atoms with Gasteiger partial charge in [-0.2, -0.15) is 0 Å². The Morgan fingerprint density at radius 2 is 2.33 bits per heavy atom. The number of carbonyl (C=O) groups excluding carboxylic acids is 1. The van der Waals surface area contributed by atoms with Crippen LogP contribution in [-0.4, -0.2) is 35.4 Å². The number of pyridine rings is 1. The van der Waals surface area contributed by atoms with Gasteiger partial charge >= 0.3 is 0 Å². The maximum atomic E-state index is 10.9. The average molecular weight is 207 g/mol. The van der Waals surface area contributed by atoms with Crippen LogP contribution in [0.25, 0.3) is 0 Å². The largest absolute Gasteiger partial charge is 0.368 e. The average Bonchev–Trinajstić information content (AvgIpc) is 2.26. The number of amides is 1. The van der Waals surface area contributed by atoms with Crippen molar-refractivity contribution in [3.05, 3.63) is 30.1 Å². The van der Waals surface area contributed by atoms with Crippen molar-refractivity contribution in [3.8, 4) is 0 Å². The lowest BCUT2D eigenvalue weighted by Crippen LogP contribution is -2.41. The number of likely N-dealkylation sites (N-methyl/N-ethyl adjacent to an activating group) is 1. The van der Waals surface area contributed by atoms with Crippen molar-refractivity contribution in [2.75, 3.05) is 13.6 Å². The molecule has 0 radical (unpaired) electrons. The van der Waals surface area contributed by atoms with Gasteiger partial charge in [-0.25, -0.2) is 0 Å². The molecule has 1 amide bonds. The van der Waals surface area contributed by atoms with Crippen molar-refractivity contribution in [3.63, 3.8) is 0 Å². The molecular weight excluding hydrogens is 190 g/mol. The van der Waals surface area contributed by atoms with Gasteiger partial charge < -0.3 is 5.73 Å². The molecule has 0 aliphatic heterocycles. The molecule has 0 unspecified atom stereocenters. The fourth-order valence-electron chi connectivity index (χ4n) is 1.25. The smallest absolute Gasteiger partial charge is 0.234 e. The fourth-order valence-corrected chi connectivity index (χ4v) is 1.25. The Balaban J connectivity index is 2.41. The van der Waals surface area contributed by atoms with Crippen LogP contribution in [0.3, 0.4) is 0 Å². The molecule has 1 heterocycles. The summed E-state index contributed by atoms with van der Waals surface area (Å²) in [6, 6.07) is 5.59. The molecule has 1 atom stereocenters. The second-order valence-corrected chi connectivity index (χ2v) is 3.63. The van der Waals surface area contributed by atoms with Gasteiger partial charge in [0.05, 0.1) is 6.04 Å². The molecule has 0 aliphatic rings. The second-order valence-electron chi connectivity index (χ2n) is 3.63. The zero-order valence-electron chi connectivity index (χ0n) is 9.18. The normalized spacial score (nSPS) is 12.7. The standard InChI is InChI=1S/C11H17N3O/c1-9(11(12)15)14(2)8-6-10-5-3-4-7-13-10/h3-5,7,9H,6,8H2,1-2H3,(H2,12,15)/t9-/m0/s1. The number of carbonyl (C=O) groups is 1. The summed E-state index contributed by atoms with van der Waals surface area (Å²) in [6.07, 6.45) is 2.60. The van der Waals surface area contributed by atoms with Crippen molar-refractivity contribution in [2.24, 2.45) is 5.73 Å². The quantitative estimate of drug-likeness (QED) is 0.761. The Morgan fingerprint density at radius 1 is 1.60 bits per heavy atom. The van der Waals surface area contributed by atoms with E-state index < -0.39 is 0 Å². The summed E-state index contributed by atoms with van der Waals surface area (Å²) < 4.78 is 0. The van der Waals surface area contributed by atoms with Crippen LogP contribution in [0, 0.1) is 0 Å². The van der Waals surface area contributed by atoms with Crippen LogP contribution in [0.15, 0.2) is 24.4 Å². The molecule has 15 heavy (non-hydrogen) atoms. The van der Waals surface area contributed by atoms with Crippen LogP contribution < -0.4 is 5.73 Å². The van der Waals surface area contributed by atoms with Gasteiger partial charge in [0.2, 0.25) is 5.91 Å². The Morgan fingerprint density at radius 3 is 2.87 bits per heavy atom. The molecule has 2 N–H and O–H groups in total. The monoisotopic (exact) mass is 207 g/mol. The van der Waals surface area contributed by atoms with E-state index in [1.54, 1.807) is 13.1 Å². The maximum absolute atomic E-state index is 10.9. The lowest BCUT2D eigenvalue weighted by Gasteiger charge is -2.21. The van der Waals surface area contributed by atoms with Gasteiger partial charge in [0.1, 0.15) is 0 Å². The van der Waals surface area contributed by atoms with Gasteiger partial charge in [0.15, 0.2) is 0 Å². The topological polar surface area (TPSA) is 59.2 Å². The summed E-state index contributed by atoms with van der Waals surface area (Å²) >= 11 is 0. The first-order chi connectivity index (χ1) is 7.11. The van der Waals surface area contributed by atoms with Crippen LogP contribution in [0.2, 0.25) is 0 Å². The van der Waals surface area contributed by atoms with E-state index in [4.69, 9.17) is 5.73 Å². The molecule has 0 saturated carbocycles. The third-order valence-electron chi connectivity index (χ3n) is 2.52. The Labute approximate surface area is 90.1 Å². The fraction of sp³-hybridized carbons (Fsp3) is 0.455. The van der Waals surface area contributed by atoms with Crippen LogP contribution >= 0.6 is 0 Å². The molecule has 0 bridgehead atoms. The summed E-state index contributed by atoms with van der Waals surface area (Å²) in [5.41, 5.74) is 6.24. The molecule has 1 rings (SSSR count). The summed E-state index contributed by atoms with van der Waals surface area (Å²) in [5, 5.41) is 0. The predicted octanol–water partition coefficient (Wildman–Crippen LogP) is 0.430. The second kappa shape index (κ2) is 5.46. The van der Waals surface area contributed by atoms with Crippen LogP contribution in [0.5, 0.6) is 0 Å². The minimum atomic E-state index is -0.293. The van der Waals surface area contributed by atoms with Crippen molar-refractivity contribution < 1.29 is 4.79 Å². The summed E-state index contributed by atoms with van der Waals surface area (Å²) in [4.78, 5) is 17.1. The first-order valence-electron chi connectivity index (χ1n) is 5.00. The van der Waals surface area contributed by atoms with E-state index in [9.17, 15) is 4.79 Å². The molecule has 0 aromatic carbocycles. The van der Waals surface area contributed by atoms with Crippen LogP contribution in [-0.2, 0) is 11.2 Å². The van der Waals surface area contributed by atoms with Gasteiger partial charge in [-0.15, -0.1) is 0 Å². The maximum Gasteiger partial charge on any atom is 0.234 e. The van der Waals surface area contributed by atoms with Crippen LogP contribution in [0.4, 0.5) is 0 Å². The zero-order chi connectivity index (χ0) is 11.3. The molecular formula is C11H17N3O. The van der Waals surface area contributed by atoms with Crippen molar-refractivity contribution in [1.29, 1.82) is 0 Å². The third kappa shape index (κ3) is 3.67.